The summed E-state index contributed by atoms with van der Waals surface area (Å²) in [6, 6.07) is -0.838. The van der Waals surface area contributed by atoms with Crippen LogP contribution in [0.15, 0.2) is 0 Å². The third kappa shape index (κ3) is 2.47. The highest BCUT2D eigenvalue weighted by Gasteiger charge is 2.32. The molecule has 2 N–H and O–H groups in total. The van der Waals surface area contributed by atoms with Crippen molar-refractivity contribution in [1.29, 1.82) is 0 Å². The summed E-state index contributed by atoms with van der Waals surface area (Å²) in [7, 11) is 3.38. The van der Waals surface area contributed by atoms with Crippen molar-refractivity contribution >= 4 is 11.8 Å². The van der Waals surface area contributed by atoms with Gasteiger partial charge < -0.3 is 15.5 Å². The van der Waals surface area contributed by atoms with E-state index in [1.165, 1.54) is 4.90 Å². The topological polar surface area (TPSA) is 66.6 Å². The van der Waals surface area contributed by atoms with Gasteiger partial charge in [0.2, 0.25) is 11.8 Å². The van der Waals surface area contributed by atoms with Crippen LogP contribution < -0.4 is 5.73 Å². The molecule has 0 aromatic rings. The normalized spacial score (nSPS) is 23.9. The molecule has 1 heterocycles. The minimum absolute atomic E-state index is 0.0579. The van der Waals surface area contributed by atoms with Crippen molar-refractivity contribution in [3.05, 3.63) is 0 Å². The van der Waals surface area contributed by atoms with Gasteiger partial charge in [-0.05, 0) is 19.8 Å². The summed E-state index contributed by atoms with van der Waals surface area (Å²) in [6.45, 7) is 2.38. The first kappa shape index (κ1) is 12.0. The van der Waals surface area contributed by atoms with E-state index in [1.807, 2.05) is 0 Å². The number of piperidine rings is 1. The summed E-state index contributed by atoms with van der Waals surface area (Å²) in [5.41, 5.74) is 5.67. The molecule has 0 aliphatic carbocycles. The van der Waals surface area contributed by atoms with Crippen LogP contribution in [0.3, 0.4) is 0 Å². The first-order valence-electron chi connectivity index (χ1n) is 5.22. The van der Waals surface area contributed by atoms with Crippen molar-refractivity contribution in [2.24, 2.45) is 5.73 Å². The van der Waals surface area contributed by atoms with E-state index in [-0.39, 0.29) is 11.8 Å². The Morgan fingerprint density at radius 2 is 2.20 bits per heavy atom. The summed E-state index contributed by atoms with van der Waals surface area (Å²) in [6.07, 6.45) is 1.59. The number of hydrogen-bond donors (Lipinski definition) is 1. The molecular weight excluding hydrogens is 194 g/mol. The molecule has 0 aromatic carbocycles. The van der Waals surface area contributed by atoms with Gasteiger partial charge in [-0.3, -0.25) is 9.59 Å². The van der Waals surface area contributed by atoms with Crippen molar-refractivity contribution in [2.45, 2.75) is 31.8 Å². The summed E-state index contributed by atoms with van der Waals surface area (Å²) >= 11 is 0. The van der Waals surface area contributed by atoms with Crippen LogP contribution in [-0.2, 0) is 9.59 Å². The zero-order chi connectivity index (χ0) is 11.6. The molecule has 1 aliphatic rings. The Kier molecular flexibility index (Phi) is 3.68. The Bertz CT molecular complexity index is 265. The second-order valence-corrected chi connectivity index (χ2v) is 4.19. The van der Waals surface area contributed by atoms with E-state index in [0.717, 1.165) is 12.8 Å². The number of rotatable bonds is 2. The zero-order valence-electron chi connectivity index (χ0n) is 9.56. The van der Waals surface area contributed by atoms with Gasteiger partial charge in [-0.25, -0.2) is 0 Å². The minimum atomic E-state index is -0.434. The highest BCUT2D eigenvalue weighted by Crippen LogP contribution is 2.14. The highest BCUT2D eigenvalue weighted by molar-refractivity contribution is 5.89. The number of nitrogens with zero attached hydrogens (tertiary/aromatic N) is 2. The number of carbonyl (C=O) groups excluding carboxylic acids is 2. The van der Waals surface area contributed by atoms with E-state index in [9.17, 15) is 9.59 Å². The quantitative estimate of drug-likeness (QED) is 0.667. The number of hydrogen-bond acceptors (Lipinski definition) is 3. The number of likely N-dealkylation sites (tertiary alicyclic amines) is 1. The van der Waals surface area contributed by atoms with E-state index in [0.29, 0.717) is 6.54 Å². The fraction of sp³-hybridized carbons (Fsp3) is 0.800. The smallest absolute Gasteiger partial charge is 0.244 e. The molecule has 0 spiro atoms. The van der Waals surface area contributed by atoms with Gasteiger partial charge >= 0.3 is 0 Å². The Balaban J connectivity index is 2.70. The van der Waals surface area contributed by atoms with Gasteiger partial charge in [0.15, 0.2) is 0 Å². The first-order valence-corrected chi connectivity index (χ1v) is 5.22. The van der Waals surface area contributed by atoms with Gasteiger partial charge in [-0.1, -0.05) is 0 Å². The van der Waals surface area contributed by atoms with E-state index in [1.54, 1.807) is 25.9 Å². The average Bonchev–Trinajstić information content (AvgIpc) is 2.20. The lowest BCUT2D eigenvalue weighted by Crippen LogP contribution is -2.55. The van der Waals surface area contributed by atoms with Gasteiger partial charge in [0, 0.05) is 20.6 Å². The predicted octanol–water partition coefficient (Wildman–Crippen LogP) is -0.587. The molecule has 5 heteroatoms. The fourth-order valence-corrected chi connectivity index (χ4v) is 1.82. The number of carbonyl (C=O) groups is 2. The molecule has 2 amide bonds. The van der Waals surface area contributed by atoms with Gasteiger partial charge in [0.25, 0.3) is 0 Å². The van der Waals surface area contributed by atoms with Gasteiger partial charge in [0.05, 0.1) is 6.04 Å². The van der Waals surface area contributed by atoms with Gasteiger partial charge in [-0.2, -0.15) is 0 Å². The molecule has 0 radical (unpaired) electrons. The van der Waals surface area contributed by atoms with Crippen LogP contribution in [0.5, 0.6) is 0 Å². The van der Waals surface area contributed by atoms with Crippen LogP contribution in [0.4, 0.5) is 0 Å². The molecule has 0 saturated carbocycles. The molecule has 1 aliphatic heterocycles. The van der Waals surface area contributed by atoms with Crippen molar-refractivity contribution in [3.63, 3.8) is 0 Å². The average molecular weight is 213 g/mol. The van der Waals surface area contributed by atoms with Crippen molar-refractivity contribution in [1.82, 2.24) is 9.80 Å². The van der Waals surface area contributed by atoms with Crippen LogP contribution in [-0.4, -0.2) is 54.3 Å². The van der Waals surface area contributed by atoms with Crippen LogP contribution in [0.2, 0.25) is 0 Å². The number of likely N-dealkylation sites (N-methyl/N-ethyl adjacent to an activating group) is 1. The molecule has 15 heavy (non-hydrogen) atoms. The molecule has 1 rings (SSSR count). The number of nitrogens with two attached hydrogens (primary N) is 1. The molecule has 1 fully saturated rings. The first-order chi connectivity index (χ1) is 6.95. The summed E-state index contributed by atoms with van der Waals surface area (Å²) in [5, 5.41) is 0. The van der Waals surface area contributed by atoms with Crippen LogP contribution in [0.1, 0.15) is 19.8 Å². The molecule has 0 bridgehead atoms. The van der Waals surface area contributed by atoms with E-state index < -0.39 is 12.1 Å². The lowest BCUT2D eigenvalue weighted by Gasteiger charge is -2.35. The van der Waals surface area contributed by atoms with E-state index in [4.69, 9.17) is 5.73 Å². The van der Waals surface area contributed by atoms with Crippen molar-refractivity contribution in [3.8, 4) is 0 Å². The molecule has 1 saturated heterocycles. The largest absolute Gasteiger partial charge is 0.347 e. The third-order valence-corrected chi connectivity index (χ3v) is 2.78. The maximum atomic E-state index is 11.7. The monoisotopic (exact) mass is 213 g/mol. The van der Waals surface area contributed by atoms with Gasteiger partial charge in [-0.15, -0.1) is 0 Å². The summed E-state index contributed by atoms with van der Waals surface area (Å²) in [4.78, 5) is 26.5. The minimum Gasteiger partial charge on any atom is -0.347 e. The third-order valence-electron chi connectivity index (χ3n) is 2.78. The van der Waals surface area contributed by atoms with Gasteiger partial charge in [0.1, 0.15) is 6.04 Å². The maximum absolute atomic E-state index is 11.7. The number of amides is 2. The van der Waals surface area contributed by atoms with Crippen molar-refractivity contribution < 1.29 is 9.59 Å². The molecule has 2 unspecified atom stereocenters. The maximum Gasteiger partial charge on any atom is 0.244 e. The summed E-state index contributed by atoms with van der Waals surface area (Å²) in [5.74, 6) is -0.165. The fourth-order valence-electron chi connectivity index (χ4n) is 1.82. The highest BCUT2D eigenvalue weighted by atomic mass is 16.2. The Morgan fingerprint density at radius 1 is 1.60 bits per heavy atom. The Hall–Kier alpha value is -1.10. The Labute approximate surface area is 90.2 Å². The standard InChI is InChI=1S/C10H19N3O2/c1-7(9(14)12(2)3)13-6-4-5-8(11)10(13)15/h7-8H,4-6,11H2,1-3H3. The van der Waals surface area contributed by atoms with Crippen LogP contribution >= 0.6 is 0 Å². The second-order valence-electron chi connectivity index (χ2n) is 4.19. The SMILES string of the molecule is CC(C(=O)N(C)C)N1CCCC(N)C1=O. The van der Waals surface area contributed by atoms with E-state index in [2.05, 4.69) is 0 Å². The lowest BCUT2D eigenvalue weighted by molar-refractivity contribution is -0.146. The van der Waals surface area contributed by atoms with E-state index >= 15 is 0 Å². The lowest BCUT2D eigenvalue weighted by atomic mass is 10.0. The second kappa shape index (κ2) is 4.61. The molecular formula is C10H19N3O2. The zero-order valence-corrected chi connectivity index (χ0v) is 9.56. The van der Waals surface area contributed by atoms with Crippen LogP contribution in [0, 0.1) is 0 Å². The predicted molar refractivity (Wildman–Crippen MR) is 57.1 cm³/mol. The molecule has 86 valence electrons. The molecule has 5 nitrogen and oxygen atoms in total. The summed E-state index contributed by atoms with van der Waals surface area (Å²) < 4.78 is 0. The van der Waals surface area contributed by atoms with Crippen molar-refractivity contribution in [2.75, 3.05) is 20.6 Å². The Morgan fingerprint density at radius 3 is 2.73 bits per heavy atom. The molecule has 0 aromatic heterocycles. The molecule has 2 atom stereocenters. The van der Waals surface area contributed by atoms with Crippen LogP contribution in [0.25, 0.3) is 0 Å².